The van der Waals surface area contributed by atoms with Gasteiger partial charge in [-0.25, -0.2) is 19.3 Å². The standard InChI is InChI=1S/C24H26FN5O4/c1-14(2)23-29-21(19-8-10-27-24(26-3)28-19)22(15-4-6-16(25)7-5-15)30(23)11-9-17(31)12-18(32)13-20(33)34/h4-11,17-18,31-32H,1,12-13H2,2-3H3,(H,33,34)(H,26,27,28)/b11-9+/t17-,18-/m1/s1. The van der Waals surface area contributed by atoms with Gasteiger partial charge in [0.25, 0.3) is 0 Å². The third-order valence-electron chi connectivity index (χ3n) is 4.91. The minimum absolute atomic E-state index is 0.157. The van der Waals surface area contributed by atoms with Crippen LogP contribution in [0.25, 0.3) is 34.4 Å². The minimum Gasteiger partial charge on any atom is -0.481 e. The van der Waals surface area contributed by atoms with Crippen LogP contribution in [0.4, 0.5) is 10.3 Å². The molecule has 0 radical (unpaired) electrons. The molecule has 10 heteroatoms. The number of aliphatic hydroxyl groups excluding tert-OH is 2. The lowest BCUT2D eigenvalue weighted by Crippen LogP contribution is -2.19. The molecule has 0 spiro atoms. The number of carbonyl (C=O) groups is 1. The van der Waals surface area contributed by atoms with Crippen molar-refractivity contribution >= 4 is 23.7 Å². The van der Waals surface area contributed by atoms with Crippen LogP contribution in [0.15, 0.2) is 49.2 Å². The summed E-state index contributed by atoms with van der Waals surface area (Å²) >= 11 is 0. The third kappa shape index (κ3) is 5.91. The quantitative estimate of drug-likeness (QED) is 0.357. The first-order chi connectivity index (χ1) is 16.2. The number of aromatic nitrogens is 4. The van der Waals surface area contributed by atoms with Crippen LogP contribution < -0.4 is 5.32 Å². The summed E-state index contributed by atoms with van der Waals surface area (Å²) in [7, 11) is 1.70. The molecule has 0 bridgehead atoms. The Balaban J connectivity index is 2.13. The summed E-state index contributed by atoms with van der Waals surface area (Å²) in [5.74, 6) is -0.674. The summed E-state index contributed by atoms with van der Waals surface area (Å²) in [6, 6.07) is 7.57. The molecule has 0 unspecified atom stereocenters. The normalized spacial score (nSPS) is 13.1. The van der Waals surface area contributed by atoms with Crippen molar-refractivity contribution in [2.45, 2.75) is 32.0 Å². The van der Waals surface area contributed by atoms with E-state index in [1.807, 2.05) is 0 Å². The predicted octanol–water partition coefficient (Wildman–Crippen LogP) is 3.28. The summed E-state index contributed by atoms with van der Waals surface area (Å²) in [6.07, 6.45) is 1.64. The number of benzene rings is 1. The van der Waals surface area contributed by atoms with Crippen molar-refractivity contribution in [2.24, 2.45) is 0 Å². The van der Waals surface area contributed by atoms with Gasteiger partial charge in [-0.3, -0.25) is 9.36 Å². The number of imidazole rings is 1. The summed E-state index contributed by atoms with van der Waals surface area (Å²) in [4.78, 5) is 24.1. The summed E-state index contributed by atoms with van der Waals surface area (Å²) in [5.41, 5.74) is 2.86. The number of hydrogen-bond acceptors (Lipinski definition) is 7. The molecule has 0 fully saturated rings. The maximum absolute atomic E-state index is 13.6. The van der Waals surface area contributed by atoms with Crippen LogP contribution in [-0.2, 0) is 4.79 Å². The van der Waals surface area contributed by atoms with Crippen LogP contribution in [0, 0.1) is 5.82 Å². The van der Waals surface area contributed by atoms with E-state index in [-0.39, 0.29) is 6.42 Å². The van der Waals surface area contributed by atoms with E-state index in [9.17, 15) is 19.4 Å². The Morgan fingerprint density at radius 1 is 1.24 bits per heavy atom. The van der Waals surface area contributed by atoms with Gasteiger partial charge in [0.1, 0.15) is 17.3 Å². The number of allylic oxidation sites excluding steroid dienone is 1. The molecule has 0 saturated heterocycles. The van der Waals surface area contributed by atoms with Crippen molar-refractivity contribution in [2.75, 3.05) is 12.4 Å². The van der Waals surface area contributed by atoms with Crippen LogP contribution in [0.3, 0.4) is 0 Å². The highest BCUT2D eigenvalue weighted by atomic mass is 19.1. The molecular weight excluding hydrogens is 441 g/mol. The van der Waals surface area contributed by atoms with Gasteiger partial charge in [-0.05, 0) is 48.9 Å². The molecule has 3 rings (SSSR count). The summed E-state index contributed by atoms with van der Waals surface area (Å²) < 4.78 is 15.3. The van der Waals surface area contributed by atoms with Gasteiger partial charge < -0.3 is 20.6 Å². The van der Waals surface area contributed by atoms with Crippen LogP contribution in [-0.4, -0.2) is 60.1 Å². The second-order valence-electron chi connectivity index (χ2n) is 7.70. The van der Waals surface area contributed by atoms with E-state index in [1.54, 1.807) is 49.1 Å². The lowest BCUT2D eigenvalue weighted by atomic mass is 10.1. The maximum atomic E-state index is 13.6. The van der Waals surface area contributed by atoms with Crippen LogP contribution >= 0.6 is 0 Å². The first-order valence-corrected chi connectivity index (χ1v) is 10.5. The monoisotopic (exact) mass is 467 g/mol. The zero-order chi connectivity index (χ0) is 24.8. The average molecular weight is 468 g/mol. The smallest absolute Gasteiger partial charge is 0.305 e. The molecule has 2 atom stereocenters. The number of aliphatic carboxylic acids is 1. The molecule has 1 aromatic carbocycles. The zero-order valence-electron chi connectivity index (χ0n) is 18.8. The van der Waals surface area contributed by atoms with E-state index >= 15 is 0 Å². The molecule has 0 aliphatic carbocycles. The highest BCUT2D eigenvalue weighted by molar-refractivity contribution is 5.82. The van der Waals surface area contributed by atoms with E-state index in [0.29, 0.717) is 40.0 Å². The van der Waals surface area contributed by atoms with Gasteiger partial charge in [-0.2, -0.15) is 0 Å². The summed E-state index contributed by atoms with van der Waals surface area (Å²) in [5, 5.41) is 31.9. The van der Waals surface area contributed by atoms with Gasteiger partial charge in [-0.15, -0.1) is 0 Å². The Labute approximate surface area is 196 Å². The van der Waals surface area contributed by atoms with Crippen LogP contribution in [0.5, 0.6) is 0 Å². The van der Waals surface area contributed by atoms with E-state index < -0.39 is 30.4 Å². The average Bonchev–Trinajstić information content (AvgIpc) is 3.17. The topological polar surface area (TPSA) is 133 Å². The molecule has 2 heterocycles. The number of carboxylic acids is 1. The van der Waals surface area contributed by atoms with Gasteiger partial charge >= 0.3 is 5.97 Å². The van der Waals surface area contributed by atoms with Crippen molar-refractivity contribution in [1.82, 2.24) is 19.5 Å². The number of halogens is 1. The fourth-order valence-electron chi connectivity index (χ4n) is 3.38. The Kier molecular flexibility index (Phi) is 7.87. The van der Waals surface area contributed by atoms with Crippen molar-refractivity contribution in [1.29, 1.82) is 0 Å². The van der Waals surface area contributed by atoms with E-state index in [4.69, 9.17) is 10.1 Å². The van der Waals surface area contributed by atoms with Gasteiger partial charge in [-0.1, -0.05) is 6.58 Å². The van der Waals surface area contributed by atoms with Gasteiger partial charge in [0, 0.05) is 31.4 Å². The molecule has 0 aliphatic heterocycles. The predicted molar refractivity (Wildman–Crippen MR) is 127 cm³/mol. The SMILES string of the molecule is C=C(C)c1nc(-c2ccnc(NC)n2)c(-c2ccc(F)cc2)n1/C=C/[C@@H](O)C[C@@H](O)CC(=O)O. The molecule has 4 N–H and O–H groups in total. The van der Waals surface area contributed by atoms with Crippen LogP contribution in [0.2, 0.25) is 0 Å². The number of carboxylic acid groups (broad SMARTS) is 1. The molecular formula is C24H26FN5O4. The second kappa shape index (κ2) is 10.8. The zero-order valence-corrected chi connectivity index (χ0v) is 18.8. The number of nitrogens with zero attached hydrogens (tertiary/aromatic N) is 4. The van der Waals surface area contributed by atoms with Crippen molar-refractivity contribution in [3.05, 3.63) is 60.8 Å². The van der Waals surface area contributed by atoms with E-state index in [0.717, 1.165) is 0 Å². The number of nitrogens with one attached hydrogen (secondary N) is 1. The third-order valence-corrected chi connectivity index (χ3v) is 4.91. The summed E-state index contributed by atoms with van der Waals surface area (Å²) in [6.45, 7) is 5.77. The van der Waals surface area contributed by atoms with Crippen molar-refractivity contribution in [3.63, 3.8) is 0 Å². The molecule has 34 heavy (non-hydrogen) atoms. The largest absolute Gasteiger partial charge is 0.481 e. The lowest BCUT2D eigenvalue weighted by Gasteiger charge is -2.12. The molecule has 0 saturated carbocycles. The first-order valence-electron chi connectivity index (χ1n) is 10.5. The molecule has 9 nitrogen and oxygen atoms in total. The second-order valence-corrected chi connectivity index (χ2v) is 7.70. The van der Waals surface area contributed by atoms with E-state index in [1.165, 1.54) is 18.2 Å². The molecule has 2 aromatic heterocycles. The highest BCUT2D eigenvalue weighted by Crippen LogP contribution is 2.34. The number of anilines is 1. The number of hydrogen-bond donors (Lipinski definition) is 4. The fourth-order valence-corrected chi connectivity index (χ4v) is 3.38. The first kappa shape index (κ1) is 24.7. The fraction of sp³-hybridized carbons (Fsp3) is 0.250. The lowest BCUT2D eigenvalue weighted by molar-refractivity contribution is -0.139. The van der Waals surface area contributed by atoms with Crippen molar-refractivity contribution < 1.29 is 24.5 Å². The Bertz CT molecular complexity index is 1210. The van der Waals surface area contributed by atoms with Crippen molar-refractivity contribution in [3.8, 4) is 22.6 Å². The van der Waals surface area contributed by atoms with Gasteiger partial charge in [0.15, 0.2) is 0 Å². The minimum atomic E-state index is -1.20. The molecule has 178 valence electrons. The highest BCUT2D eigenvalue weighted by Gasteiger charge is 2.21. The Morgan fingerprint density at radius 2 is 1.94 bits per heavy atom. The van der Waals surface area contributed by atoms with Gasteiger partial charge in [0.05, 0.1) is 30.0 Å². The molecule has 3 aromatic rings. The Morgan fingerprint density at radius 3 is 2.56 bits per heavy atom. The molecule has 0 aliphatic rings. The van der Waals surface area contributed by atoms with Crippen LogP contribution in [0.1, 0.15) is 25.6 Å². The van der Waals surface area contributed by atoms with Gasteiger partial charge in [0.2, 0.25) is 5.95 Å². The number of aliphatic hydroxyl groups is 2. The maximum Gasteiger partial charge on any atom is 0.305 e. The Hall–Kier alpha value is -3.89. The number of rotatable bonds is 10. The molecule has 0 amide bonds. The van der Waals surface area contributed by atoms with E-state index in [2.05, 4.69) is 21.9 Å².